The van der Waals surface area contributed by atoms with Gasteiger partial charge in [0.25, 0.3) is 0 Å². The molecule has 0 bridgehead atoms. The van der Waals surface area contributed by atoms with Crippen LogP contribution in [0, 0.1) is 6.92 Å². The first-order valence-corrected chi connectivity index (χ1v) is 5.99. The van der Waals surface area contributed by atoms with Crippen molar-refractivity contribution in [3.63, 3.8) is 0 Å². The maximum absolute atomic E-state index is 11.2. The minimum atomic E-state index is -0.234. The molecule has 0 radical (unpaired) electrons. The van der Waals surface area contributed by atoms with E-state index < -0.39 is 0 Å². The molecule has 15 heavy (non-hydrogen) atoms. The first kappa shape index (κ1) is 12.5. The quantitative estimate of drug-likeness (QED) is 0.631. The van der Waals surface area contributed by atoms with Crippen molar-refractivity contribution in [3.05, 3.63) is 33.8 Å². The van der Waals surface area contributed by atoms with Gasteiger partial charge in [-0.1, -0.05) is 27.5 Å². The van der Waals surface area contributed by atoms with Crippen molar-refractivity contribution in [2.24, 2.45) is 0 Å². The van der Waals surface area contributed by atoms with Crippen LogP contribution in [0.3, 0.4) is 0 Å². The van der Waals surface area contributed by atoms with Crippen LogP contribution in [0.5, 0.6) is 0 Å². The van der Waals surface area contributed by atoms with Crippen LogP contribution >= 0.6 is 27.5 Å². The average Bonchev–Trinajstić information content (AvgIpc) is 2.21. The molecule has 0 aliphatic rings. The third-order valence-electron chi connectivity index (χ3n) is 2.22. The molecular formula is C11H12BrClO2. The van der Waals surface area contributed by atoms with Gasteiger partial charge in [-0.15, -0.1) is 0 Å². The molecule has 1 aromatic carbocycles. The molecule has 0 heterocycles. The van der Waals surface area contributed by atoms with E-state index in [2.05, 4.69) is 20.7 Å². The smallest absolute Gasteiger partial charge is 0.309 e. The number of benzene rings is 1. The molecule has 82 valence electrons. The molecule has 0 aromatic heterocycles. The fraction of sp³-hybridized carbons (Fsp3) is 0.364. The number of halogens is 2. The molecule has 0 aliphatic heterocycles. The Balaban J connectivity index is 3.09. The minimum Gasteiger partial charge on any atom is -0.469 e. The maximum atomic E-state index is 11.2. The molecule has 0 aliphatic carbocycles. The second-order valence-corrected chi connectivity index (χ2v) is 4.24. The van der Waals surface area contributed by atoms with Crippen molar-refractivity contribution in [2.75, 3.05) is 7.11 Å². The minimum absolute atomic E-state index is 0.234. The third kappa shape index (κ3) is 3.21. The number of esters is 1. The summed E-state index contributed by atoms with van der Waals surface area (Å²) >= 11 is 9.31. The van der Waals surface area contributed by atoms with Crippen LogP contribution in [0.1, 0.15) is 16.7 Å². The standard InChI is InChI=1S/C11H12BrClO2/c1-7-3-9(13)4-8(6-12)10(7)5-11(14)15-2/h3-4H,5-6H2,1-2H3. The molecule has 4 heteroatoms. The largest absolute Gasteiger partial charge is 0.469 e. The molecule has 2 nitrogen and oxygen atoms in total. The van der Waals surface area contributed by atoms with Gasteiger partial charge in [-0.25, -0.2) is 0 Å². The van der Waals surface area contributed by atoms with Crippen LogP contribution < -0.4 is 0 Å². The fourth-order valence-electron chi connectivity index (χ4n) is 1.43. The molecule has 0 amide bonds. The Bertz CT molecular complexity index is 377. The summed E-state index contributed by atoms with van der Waals surface area (Å²) in [5, 5.41) is 1.37. The topological polar surface area (TPSA) is 26.3 Å². The van der Waals surface area contributed by atoms with E-state index in [9.17, 15) is 4.79 Å². The number of ether oxygens (including phenoxy) is 1. The van der Waals surface area contributed by atoms with Crippen LogP contribution in [0.4, 0.5) is 0 Å². The van der Waals surface area contributed by atoms with Crippen LogP contribution in [-0.4, -0.2) is 13.1 Å². The van der Waals surface area contributed by atoms with Gasteiger partial charge in [0.1, 0.15) is 0 Å². The summed E-state index contributed by atoms with van der Waals surface area (Å²) in [5.74, 6) is -0.234. The summed E-state index contributed by atoms with van der Waals surface area (Å²) in [6.07, 6.45) is 0.292. The highest BCUT2D eigenvalue weighted by molar-refractivity contribution is 9.08. The summed E-state index contributed by atoms with van der Waals surface area (Å²) in [4.78, 5) is 11.2. The highest BCUT2D eigenvalue weighted by Gasteiger charge is 2.11. The van der Waals surface area contributed by atoms with Crippen molar-refractivity contribution in [1.82, 2.24) is 0 Å². The number of carbonyl (C=O) groups excluding carboxylic acids is 1. The van der Waals surface area contributed by atoms with Crippen LogP contribution in [0.15, 0.2) is 12.1 Å². The van der Waals surface area contributed by atoms with E-state index in [1.807, 2.05) is 19.1 Å². The zero-order valence-electron chi connectivity index (χ0n) is 8.64. The Morgan fingerprint density at radius 2 is 2.20 bits per heavy atom. The first-order chi connectivity index (χ1) is 7.08. The van der Waals surface area contributed by atoms with Crippen molar-refractivity contribution in [3.8, 4) is 0 Å². The predicted molar refractivity (Wildman–Crippen MR) is 64.5 cm³/mol. The third-order valence-corrected chi connectivity index (χ3v) is 3.05. The van der Waals surface area contributed by atoms with E-state index in [0.717, 1.165) is 16.7 Å². The van der Waals surface area contributed by atoms with Crippen molar-refractivity contribution >= 4 is 33.5 Å². The zero-order valence-corrected chi connectivity index (χ0v) is 11.0. The normalized spacial score (nSPS) is 10.1. The molecule has 0 saturated heterocycles. The summed E-state index contributed by atoms with van der Waals surface area (Å²) < 4.78 is 4.65. The SMILES string of the molecule is COC(=O)Cc1c(C)cc(Cl)cc1CBr. The number of aryl methyl sites for hydroxylation is 1. The van der Waals surface area contributed by atoms with Gasteiger partial charge in [-0.05, 0) is 35.7 Å². The van der Waals surface area contributed by atoms with E-state index >= 15 is 0 Å². The average molecular weight is 292 g/mol. The molecule has 0 N–H and O–H groups in total. The fourth-order valence-corrected chi connectivity index (χ4v) is 2.23. The monoisotopic (exact) mass is 290 g/mol. The highest BCUT2D eigenvalue weighted by atomic mass is 79.9. The molecule has 0 atom stereocenters. The summed E-state index contributed by atoms with van der Waals surface area (Å²) in [5.41, 5.74) is 3.04. The second-order valence-electron chi connectivity index (χ2n) is 3.25. The summed E-state index contributed by atoms with van der Waals surface area (Å²) in [6.45, 7) is 1.94. The summed E-state index contributed by atoms with van der Waals surface area (Å²) in [6, 6.07) is 3.72. The summed E-state index contributed by atoms with van der Waals surface area (Å²) in [7, 11) is 1.39. The Labute approximate surface area is 103 Å². The lowest BCUT2D eigenvalue weighted by Gasteiger charge is -2.10. The number of alkyl halides is 1. The molecule has 1 aromatic rings. The Morgan fingerprint density at radius 1 is 1.53 bits per heavy atom. The van der Waals surface area contributed by atoms with Gasteiger partial charge in [0.2, 0.25) is 0 Å². The lowest BCUT2D eigenvalue weighted by atomic mass is 10.0. The van der Waals surface area contributed by atoms with Gasteiger partial charge in [0, 0.05) is 10.4 Å². The Kier molecular flexibility index (Phi) is 4.61. The van der Waals surface area contributed by atoms with E-state index in [1.165, 1.54) is 7.11 Å². The lowest BCUT2D eigenvalue weighted by molar-refractivity contribution is -0.139. The predicted octanol–water partition coefficient (Wildman–Crippen LogP) is 3.26. The van der Waals surface area contributed by atoms with Crippen molar-refractivity contribution in [1.29, 1.82) is 0 Å². The number of rotatable bonds is 3. The molecule has 1 rings (SSSR count). The van der Waals surface area contributed by atoms with Gasteiger partial charge in [0.15, 0.2) is 0 Å². The number of hydrogen-bond acceptors (Lipinski definition) is 2. The lowest BCUT2D eigenvalue weighted by Crippen LogP contribution is -2.08. The van der Waals surface area contributed by atoms with Crippen LogP contribution in [-0.2, 0) is 21.3 Å². The van der Waals surface area contributed by atoms with E-state index in [0.29, 0.717) is 16.8 Å². The van der Waals surface area contributed by atoms with E-state index in [-0.39, 0.29) is 5.97 Å². The van der Waals surface area contributed by atoms with Gasteiger partial charge in [0.05, 0.1) is 13.5 Å². The molecular weight excluding hydrogens is 279 g/mol. The second kappa shape index (κ2) is 5.52. The Morgan fingerprint density at radius 3 is 2.73 bits per heavy atom. The van der Waals surface area contributed by atoms with E-state index in [4.69, 9.17) is 11.6 Å². The molecule has 0 saturated carbocycles. The van der Waals surface area contributed by atoms with Gasteiger partial charge in [-0.2, -0.15) is 0 Å². The molecule has 0 spiro atoms. The molecule has 0 fully saturated rings. The van der Waals surface area contributed by atoms with Crippen LogP contribution in [0.25, 0.3) is 0 Å². The highest BCUT2D eigenvalue weighted by Crippen LogP contribution is 2.23. The van der Waals surface area contributed by atoms with Gasteiger partial charge in [-0.3, -0.25) is 4.79 Å². The number of methoxy groups -OCH3 is 1. The van der Waals surface area contributed by atoms with Crippen molar-refractivity contribution < 1.29 is 9.53 Å². The number of carbonyl (C=O) groups is 1. The number of hydrogen-bond donors (Lipinski definition) is 0. The first-order valence-electron chi connectivity index (χ1n) is 4.49. The van der Waals surface area contributed by atoms with Crippen LogP contribution in [0.2, 0.25) is 5.02 Å². The molecule has 0 unspecified atom stereocenters. The zero-order chi connectivity index (χ0) is 11.4. The van der Waals surface area contributed by atoms with E-state index in [1.54, 1.807) is 0 Å². The van der Waals surface area contributed by atoms with Crippen molar-refractivity contribution in [2.45, 2.75) is 18.7 Å². The maximum Gasteiger partial charge on any atom is 0.309 e. The van der Waals surface area contributed by atoms with Gasteiger partial charge >= 0.3 is 5.97 Å². The Hall–Kier alpha value is -0.540. The van der Waals surface area contributed by atoms with Gasteiger partial charge < -0.3 is 4.74 Å².